The molecule has 6 nitrogen and oxygen atoms in total. The molecule has 0 saturated carbocycles. The van der Waals surface area contributed by atoms with E-state index in [-0.39, 0.29) is 5.69 Å². The Bertz CT molecular complexity index is 1160. The number of aromatic nitrogens is 3. The van der Waals surface area contributed by atoms with E-state index in [4.69, 9.17) is 23.5 Å². The third-order valence-electron chi connectivity index (χ3n) is 4.01. The predicted molar refractivity (Wildman–Crippen MR) is 102 cm³/mol. The summed E-state index contributed by atoms with van der Waals surface area (Å²) in [6.07, 6.45) is 0. The first-order valence-corrected chi connectivity index (χ1v) is 8.53. The van der Waals surface area contributed by atoms with E-state index in [0.29, 0.717) is 27.8 Å². The third kappa shape index (κ3) is 3.32. The normalized spacial score (nSPS) is 10.9. The van der Waals surface area contributed by atoms with Gasteiger partial charge in [-0.15, -0.1) is 0 Å². The number of carboxylic acids is 1. The van der Waals surface area contributed by atoms with Crippen LogP contribution in [-0.4, -0.2) is 25.7 Å². The molecule has 0 saturated heterocycles. The van der Waals surface area contributed by atoms with Gasteiger partial charge in [0.05, 0.1) is 11.4 Å². The maximum atomic E-state index is 11.3. The molecule has 1 N–H and O–H groups in total. The van der Waals surface area contributed by atoms with Crippen LogP contribution < -0.4 is 4.29 Å². The van der Waals surface area contributed by atoms with E-state index >= 15 is 0 Å². The van der Waals surface area contributed by atoms with E-state index in [1.807, 2.05) is 18.2 Å². The Labute approximate surface area is 163 Å². The summed E-state index contributed by atoms with van der Waals surface area (Å²) in [6, 6.07) is 17.5. The summed E-state index contributed by atoms with van der Waals surface area (Å²) in [5, 5.41) is 14.0. The standard InChI is InChI=1S/C19H11Cl2N3O3/c20-13-3-1-2-12(8-13)15-9-17(11-4-6-14(27-21)7-5-11)24-18(22-15)10-16(23-24)19(25)26/h1-10H,(H,25,26). The molecule has 134 valence electrons. The highest BCUT2D eigenvalue weighted by molar-refractivity contribution is 6.30. The Kier molecular flexibility index (Phi) is 4.43. The van der Waals surface area contributed by atoms with E-state index < -0.39 is 5.97 Å². The number of aromatic carboxylic acids is 1. The Balaban J connectivity index is 1.97. The average molecular weight is 400 g/mol. The largest absolute Gasteiger partial charge is 0.476 e. The van der Waals surface area contributed by atoms with Crippen LogP contribution >= 0.6 is 23.5 Å². The van der Waals surface area contributed by atoms with Crippen molar-refractivity contribution in [1.82, 2.24) is 14.6 Å². The van der Waals surface area contributed by atoms with Gasteiger partial charge in [-0.3, -0.25) is 0 Å². The Morgan fingerprint density at radius 2 is 1.81 bits per heavy atom. The number of fused-ring (bicyclic) bond motifs is 1. The minimum Gasteiger partial charge on any atom is -0.476 e. The molecule has 0 radical (unpaired) electrons. The Hall–Kier alpha value is -3.09. The van der Waals surface area contributed by atoms with E-state index in [0.717, 1.165) is 11.1 Å². The van der Waals surface area contributed by atoms with Gasteiger partial charge in [0.1, 0.15) is 17.6 Å². The molecule has 4 aromatic rings. The van der Waals surface area contributed by atoms with Crippen molar-refractivity contribution in [2.45, 2.75) is 0 Å². The summed E-state index contributed by atoms with van der Waals surface area (Å²) in [5.74, 6) is -0.630. The number of hydrogen-bond donors (Lipinski definition) is 1. The van der Waals surface area contributed by atoms with Crippen LogP contribution in [0.2, 0.25) is 5.02 Å². The summed E-state index contributed by atoms with van der Waals surface area (Å²) in [4.78, 5) is 15.9. The van der Waals surface area contributed by atoms with E-state index in [1.165, 1.54) is 10.6 Å². The van der Waals surface area contributed by atoms with Gasteiger partial charge in [-0.25, -0.2) is 14.3 Å². The van der Waals surface area contributed by atoms with Gasteiger partial charge in [-0.05, 0) is 42.5 Å². The first-order valence-electron chi connectivity index (χ1n) is 7.84. The fourth-order valence-corrected chi connectivity index (χ4v) is 3.05. The molecule has 0 spiro atoms. The molecular weight excluding hydrogens is 389 g/mol. The minimum atomic E-state index is -1.12. The molecule has 0 amide bonds. The minimum absolute atomic E-state index is 0.0901. The van der Waals surface area contributed by atoms with Gasteiger partial charge in [0.2, 0.25) is 0 Å². The van der Waals surface area contributed by atoms with Crippen molar-refractivity contribution >= 4 is 35.1 Å². The zero-order chi connectivity index (χ0) is 19.0. The van der Waals surface area contributed by atoms with Crippen LogP contribution in [0.15, 0.2) is 60.7 Å². The highest BCUT2D eigenvalue weighted by atomic mass is 35.5. The summed E-state index contributed by atoms with van der Waals surface area (Å²) >= 11 is 11.5. The fourth-order valence-electron chi connectivity index (χ4n) is 2.76. The van der Waals surface area contributed by atoms with Crippen LogP contribution in [0.4, 0.5) is 0 Å². The number of nitrogens with zero attached hydrogens (tertiary/aromatic N) is 3. The molecule has 2 heterocycles. The first-order chi connectivity index (χ1) is 13.0. The van der Waals surface area contributed by atoms with Crippen molar-refractivity contribution < 1.29 is 14.2 Å². The van der Waals surface area contributed by atoms with Gasteiger partial charge in [-0.2, -0.15) is 5.10 Å². The van der Waals surface area contributed by atoms with Gasteiger partial charge < -0.3 is 9.40 Å². The lowest BCUT2D eigenvalue weighted by molar-refractivity contribution is 0.0690. The van der Waals surface area contributed by atoms with Crippen molar-refractivity contribution in [3.8, 4) is 28.3 Å². The van der Waals surface area contributed by atoms with Crippen molar-refractivity contribution in [2.75, 3.05) is 0 Å². The first kappa shape index (κ1) is 17.3. The van der Waals surface area contributed by atoms with Crippen molar-refractivity contribution in [1.29, 1.82) is 0 Å². The quantitative estimate of drug-likeness (QED) is 0.525. The number of benzene rings is 2. The van der Waals surface area contributed by atoms with E-state index in [1.54, 1.807) is 36.4 Å². The molecular formula is C19H11Cl2N3O3. The van der Waals surface area contributed by atoms with Crippen LogP contribution in [0.3, 0.4) is 0 Å². The molecule has 0 aliphatic carbocycles. The Morgan fingerprint density at radius 3 is 2.48 bits per heavy atom. The molecule has 2 aromatic heterocycles. The zero-order valence-electron chi connectivity index (χ0n) is 13.6. The molecule has 0 bridgehead atoms. The SMILES string of the molecule is O=C(O)c1cc2nc(-c3cccc(Cl)c3)cc(-c3ccc(OCl)cc3)n2n1. The van der Waals surface area contributed by atoms with Crippen LogP contribution in [0.25, 0.3) is 28.2 Å². The number of hydrogen-bond acceptors (Lipinski definition) is 4. The van der Waals surface area contributed by atoms with Gasteiger partial charge in [0.25, 0.3) is 0 Å². The molecule has 27 heavy (non-hydrogen) atoms. The lowest BCUT2D eigenvalue weighted by Crippen LogP contribution is -2.01. The summed E-state index contributed by atoms with van der Waals surface area (Å²) in [7, 11) is 0. The second-order valence-electron chi connectivity index (χ2n) is 5.74. The predicted octanol–water partition coefficient (Wildman–Crippen LogP) is 4.95. The summed E-state index contributed by atoms with van der Waals surface area (Å²) in [5.41, 5.74) is 3.25. The highest BCUT2D eigenvalue weighted by Crippen LogP contribution is 2.29. The average Bonchev–Trinajstić information content (AvgIpc) is 3.12. The second-order valence-corrected chi connectivity index (χ2v) is 6.33. The number of rotatable bonds is 4. The maximum absolute atomic E-state index is 11.3. The molecule has 8 heteroatoms. The Morgan fingerprint density at radius 1 is 1.04 bits per heavy atom. The smallest absolute Gasteiger partial charge is 0.356 e. The lowest BCUT2D eigenvalue weighted by Gasteiger charge is -2.09. The van der Waals surface area contributed by atoms with Crippen LogP contribution in [0.5, 0.6) is 5.75 Å². The number of carbonyl (C=O) groups is 1. The molecule has 2 aromatic carbocycles. The number of halogens is 2. The van der Waals surface area contributed by atoms with Crippen LogP contribution in [0.1, 0.15) is 10.5 Å². The van der Waals surface area contributed by atoms with Gasteiger partial charge in [-0.1, -0.05) is 23.7 Å². The van der Waals surface area contributed by atoms with Crippen LogP contribution in [0, 0.1) is 0 Å². The van der Waals surface area contributed by atoms with Crippen molar-refractivity contribution in [2.24, 2.45) is 0 Å². The van der Waals surface area contributed by atoms with Gasteiger partial charge >= 0.3 is 5.97 Å². The summed E-state index contributed by atoms with van der Waals surface area (Å²) < 4.78 is 6.17. The maximum Gasteiger partial charge on any atom is 0.356 e. The van der Waals surface area contributed by atoms with Gasteiger partial charge in [0.15, 0.2) is 11.3 Å². The monoisotopic (exact) mass is 399 g/mol. The highest BCUT2D eigenvalue weighted by Gasteiger charge is 2.16. The fraction of sp³-hybridized carbons (Fsp3) is 0. The molecule has 0 atom stereocenters. The second kappa shape index (κ2) is 6.90. The summed E-state index contributed by atoms with van der Waals surface area (Å²) in [6.45, 7) is 0. The molecule has 0 aliphatic heterocycles. The topological polar surface area (TPSA) is 76.7 Å². The molecule has 0 fully saturated rings. The molecule has 0 unspecified atom stereocenters. The lowest BCUT2D eigenvalue weighted by atomic mass is 10.1. The van der Waals surface area contributed by atoms with E-state index in [9.17, 15) is 9.90 Å². The third-order valence-corrected chi connectivity index (χ3v) is 4.42. The molecule has 0 aliphatic rings. The molecule has 4 rings (SSSR count). The van der Waals surface area contributed by atoms with Crippen molar-refractivity contribution in [3.05, 3.63) is 71.4 Å². The number of carboxylic acid groups (broad SMARTS) is 1. The van der Waals surface area contributed by atoms with Gasteiger partial charge in [0, 0.05) is 22.2 Å². The van der Waals surface area contributed by atoms with Crippen molar-refractivity contribution in [3.63, 3.8) is 0 Å². The van der Waals surface area contributed by atoms with Crippen LogP contribution in [-0.2, 0) is 0 Å². The van der Waals surface area contributed by atoms with E-state index in [2.05, 4.69) is 14.4 Å². The zero-order valence-corrected chi connectivity index (χ0v) is 15.1.